The van der Waals surface area contributed by atoms with Gasteiger partial charge in [-0.3, -0.25) is 10.1 Å². The smallest absolute Gasteiger partial charge is 0.258 e. The maximum Gasteiger partial charge on any atom is 0.286 e. The normalized spacial score (nSPS) is 10.5. The first-order chi connectivity index (χ1) is 6.04. The molecule has 0 saturated heterocycles. The van der Waals surface area contributed by atoms with Crippen LogP contribution in [0.3, 0.4) is 0 Å². The largest absolute Gasteiger partial charge is 0.286 e. The summed E-state index contributed by atoms with van der Waals surface area (Å²) in [7, 11) is 0. The minimum Gasteiger partial charge on any atom is -0.258 e. The zero-order valence-corrected chi connectivity index (χ0v) is 9.53. The second kappa shape index (κ2) is 4.04. The Kier molecular flexibility index (Phi) is 3.24. The lowest BCUT2D eigenvalue weighted by molar-refractivity contribution is -0.386. The van der Waals surface area contributed by atoms with E-state index in [2.05, 4.69) is 0 Å². The van der Waals surface area contributed by atoms with Crippen LogP contribution in [0.4, 0.5) is 5.69 Å². The summed E-state index contributed by atoms with van der Waals surface area (Å²) >= 11 is 1.98. The van der Waals surface area contributed by atoms with Crippen molar-refractivity contribution in [2.45, 2.75) is 13.8 Å². The highest BCUT2D eigenvalue weighted by molar-refractivity contribution is 14.1. The second-order valence-corrected chi connectivity index (χ2v) is 4.06. The fraction of sp³-hybridized carbons (Fsp3) is 0.222. The Labute approximate surface area is 90.4 Å². The number of hydrogen-bond donors (Lipinski definition) is 0. The van der Waals surface area contributed by atoms with Gasteiger partial charge in [0, 0.05) is 11.5 Å². The van der Waals surface area contributed by atoms with Crippen LogP contribution >= 0.6 is 22.6 Å². The molecule has 1 aromatic rings. The summed E-state index contributed by atoms with van der Waals surface area (Å²) in [5.74, 6) is 0.963. The molecule has 0 fully saturated rings. The molecule has 0 amide bonds. The Balaban J connectivity index is 3.34. The summed E-state index contributed by atoms with van der Waals surface area (Å²) in [6, 6.07) is 5.35. The number of nitrogens with zero attached hydrogens (tertiary/aromatic N) is 1. The van der Waals surface area contributed by atoms with E-state index in [0.29, 0.717) is 3.57 Å². The number of rotatable bonds is 2. The molecule has 0 N–H and O–H groups in total. The van der Waals surface area contributed by atoms with Gasteiger partial charge >= 0.3 is 0 Å². The van der Waals surface area contributed by atoms with Gasteiger partial charge in [-0.2, -0.15) is 0 Å². The molecule has 0 saturated carbocycles. The van der Waals surface area contributed by atoms with Crippen LogP contribution in [0, 0.1) is 19.6 Å². The van der Waals surface area contributed by atoms with E-state index in [4.69, 9.17) is 0 Å². The maximum atomic E-state index is 10.7. The summed E-state index contributed by atoms with van der Waals surface area (Å²) < 4.78 is 0.682. The number of hydrogen-bond acceptors (Lipinski definition) is 2. The van der Waals surface area contributed by atoms with Gasteiger partial charge in [0.25, 0.3) is 5.69 Å². The topological polar surface area (TPSA) is 43.1 Å². The lowest BCUT2D eigenvalue weighted by atomic mass is 10.0. The molecule has 0 aliphatic heterocycles. The number of para-hydroxylation sites is 1. The van der Waals surface area contributed by atoms with Crippen molar-refractivity contribution in [3.63, 3.8) is 0 Å². The summed E-state index contributed by atoms with van der Waals surface area (Å²) in [4.78, 5) is 10.4. The van der Waals surface area contributed by atoms with Crippen molar-refractivity contribution >= 4 is 28.3 Å². The van der Waals surface area contributed by atoms with Gasteiger partial charge < -0.3 is 0 Å². The summed E-state index contributed by atoms with van der Waals surface area (Å²) in [5.41, 5.74) is 0.931. The van der Waals surface area contributed by atoms with E-state index in [-0.39, 0.29) is 10.6 Å². The SMILES string of the molecule is C[C](C)c1cccc(I)c1[N+](=O)[O-]. The highest BCUT2D eigenvalue weighted by Gasteiger charge is 2.19. The molecular formula is C9H9INO2. The number of benzene rings is 1. The Morgan fingerprint density at radius 1 is 1.46 bits per heavy atom. The summed E-state index contributed by atoms with van der Waals surface area (Å²) in [6.45, 7) is 3.75. The molecule has 0 bridgehead atoms. The van der Waals surface area contributed by atoms with Gasteiger partial charge in [0.2, 0.25) is 0 Å². The van der Waals surface area contributed by atoms with Crippen LogP contribution in [0.2, 0.25) is 0 Å². The van der Waals surface area contributed by atoms with Crippen LogP contribution in [-0.2, 0) is 0 Å². The molecule has 0 aromatic heterocycles. The molecule has 1 radical (unpaired) electrons. The van der Waals surface area contributed by atoms with E-state index in [1.165, 1.54) is 0 Å². The quantitative estimate of drug-likeness (QED) is 0.477. The molecule has 1 rings (SSSR count). The Morgan fingerprint density at radius 3 is 2.46 bits per heavy atom. The van der Waals surface area contributed by atoms with Crippen molar-refractivity contribution < 1.29 is 4.92 Å². The Bertz CT molecular complexity index is 336. The van der Waals surface area contributed by atoms with E-state index in [1.54, 1.807) is 12.1 Å². The number of nitro groups is 1. The molecule has 4 heteroatoms. The zero-order chi connectivity index (χ0) is 10.0. The first-order valence-electron chi connectivity index (χ1n) is 3.77. The predicted octanol–water partition coefficient (Wildman–Crippen LogP) is 3.16. The zero-order valence-electron chi connectivity index (χ0n) is 7.37. The molecule has 0 aliphatic carbocycles. The maximum absolute atomic E-state index is 10.7. The van der Waals surface area contributed by atoms with Crippen molar-refractivity contribution in [1.82, 2.24) is 0 Å². The Hall–Kier alpha value is -0.650. The van der Waals surface area contributed by atoms with E-state index >= 15 is 0 Å². The van der Waals surface area contributed by atoms with Gasteiger partial charge in [0.1, 0.15) is 0 Å². The van der Waals surface area contributed by atoms with Crippen molar-refractivity contribution in [2.24, 2.45) is 0 Å². The molecule has 13 heavy (non-hydrogen) atoms. The van der Waals surface area contributed by atoms with Crippen LogP contribution in [0.25, 0.3) is 0 Å². The highest BCUT2D eigenvalue weighted by Crippen LogP contribution is 2.29. The number of halogens is 1. The van der Waals surface area contributed by atoms with Gasteiger partial charge in [-0.15, -0.1) is 0 Å². The molecule has 69 valence electrons. The van der Waals surface area contributed by atoms with E-state index in [9.17, 15) is 10.1 Å². The lowest BCUT2D eigenvalue weighted by Gasteiger charge is -2.06. The van der Waals surface area contributed by atoms with Crippen molar-refractivity contribution in [1.29, 1.82) is 0 Å². The van der Waals surface area contributed by atoms with Gasteiger partial charge in [0.15, 0.2) is 0 Å². The predicted molar refractivity (Wildman–Crippen MR) is 59.5 cm³/mol. The summed E-state index contributed by atoms with van der Waals surface area (Å²) in [5, 5.41) is 10.7. The third-order valence-corrected chi connectivity index (χ3v) is 2.58. The minimum absolute atomic E-state index is 0.211. The van der Waals surface area contributed by atoms with Gasteiger partial charge in [-0.05, 0) is 28.7 Å². The molecule has 0 spiro atoms. The van der Waals surface area contributed by atoms with E-state index in [0.717, 1.165) is 11.5 Å². The third-order valence-electron chi connectivity index (χ3n) is 1.71. The van der Waals surface area contributed by atoms with Crippen LogP contribution in [0.5, 0.6) is 0 Å². The molecule has 0 heterocycles. The van der Waals surface area contributed by atoms with Crippen molar-refractivity contribution in [3.05, 3.63) is 43.4 Å². The van der Waals surface area contributed by atoms with Gasteiger partial charge in [-0.1, -0.05) is 26.0 Å². The van der Waals surface area contributed by atoms with Crippen molar-refractivity contribution in [2.75, 3.05) is 0 Å². The molecule has 0 aliphatic rings. The van der Waals surface area contributed by atoms with Gasteiger partial charge in [0.05, 0.1) is 8.49 Å². The lowest BCUT2D eigenvalue weighted by Crippen LogP contribution is -1.99. The van der Waals surface area contributed by atoms with Crippen LogP contribution in [0.1, 0.15) is 19.4 Å². The number of nitro benzene ring substituents is 1. The fourth-order valence-corrected chi connectivity index (χ4v) is 1.80. The van der Waals surface area contributed by atoms with Crippen LogP contribution in [-0.4, -0.2) is 4.92 Å². The fourth-order valence-electron chi connectivity index (χ4n) is 1.10. The van der Waals surface area contributed by atoms with Crippen LogP contribution in [0.15, 0.2) is 18.2 Å². The molecule has 0 unspecified atom stereocenters. The standard InChI is InChI=1S/C9H9INO2/c1-6(2)7-4-3-5-8(10)9(7)11(12)13/h3-5H,1-2H3. The average Bonchev–Trinajstić information content (AvgIpc) is 2.02. The molecule has 0 atom stereocenters. The van der Waals surface area contributed by atoms with E-state index in [1.807, 2.05) is 42.5 Å². The monoisotopic (exact) mass is 290 g/mol. The molecule has 1 aromatic carbocycles. The van der Waals surface area contributed by atoms with Gasteiger partial charge in [-0.25, -0.2) is 0 Å². The second-order valence-electron chi connectivity index (χ2n) is 2.89. The average molecular weight is 290 g/mol. The Morgan fingerprint density at radius 2 is 2.08 bits per heavy atom. The summed E-state index contributed by atoms with van der Waals surface area (Å²) in [6.07, 6.45) is 0. The first kappa shape index (κ1) is 10.4. The highest BCUT2D eigenvalue weighted by atomic mass is 127. The van der Waals surface area contributed by atoms with E-state index < -0.39 is 0 Å². The first-order valence-corrected chi connectivity index (χ1v) is 4.85. The third kappa shape index (κ3) is 2.18. The van der Waals surface area contributed by atoms with Crippen molar-refractivity contribution in [3.8, 4) is 0 Å². The molecule has 3 nitrogen and oxygen atoms in total. The molecular weight excluding hydrogens is 281 g/mol. The minimum atomic E-state index is -0.329. The van der Waals surface area contributed by atoms with Crippen LogP contribution < -0.4 is 0 Å².